The van der Waals surface area contributed by atoms with E-state index in [0.29, 0.717) is 5.92 Å². The summed E-state index contributed by atoms with van der Waals surface area (Å²) < 4.78 is 28.8. The minimum atomic E-state index is -2.80. The van der Waals surface area contributed by atoms with Crippen molar-refractivity contribution in [2.45, 2.75) is 38.3 Å². The van der Waals surface area contributed by atoms with Crippen LogP contribution in [0.5, 0.6) is 5.75 Å². The summed E-state index contributed by atoms with van der Waals surface area (Å²) in [6, 6.07) is 6.77. The van der Waals surface area contributed by atoms with Gasteiger partial charge in [0, 0.05) is 6.04 Å². The van der Waals surface area contributed by atoms with Crippen LogP contribution in [0.2, 0.25) is 0 Å². The summed E-state index contributed by atoms with van der Waals surface area (Å²) >= 11 is 0. The van der Waals surface area contributed by atoms with Crippen LogP contribution in [-0.4, -0.2) is 6.61 Å². The van der Waals surface area contributed by atoms with Crippen molar-refractivity contribution in [2.24, 2.45) is 11.8 Å². The van der Waals surface area contributed by atoms with Gasteiger partial charge in [0.05, 0.1) is 0 Å². The lowest BCUT2D eigenvalue weighted by atomic mass is 9.92. The summed E-state index contributed by atoms with van der Waals surface area (Å²) in [5.41, 5.74) is 3.70. The largest absolute Gasteiger partial charge is 0.435 e. The number of halogens is 2. The zero-order chi connectivity index (χ0) is 13.0. The number of hydrogen-bond donors (Lipinski definition) is 2. The van der Waals surface area contributed by atoms with Crippen molar-refractivity contribution >= 4 is 0 Å². The first-order chi connectivity index (χ1) is 8.70. The molecule has 1 aliphatic rings. The summed E-state index contributed by atoms with van der Waals surface area (Å²) in [7, 11) is 0. The van der Waals surface area contributed by atoms with E-state index in [1.807, 2.05) is 6.07 Å². The van der Waals surface area contributed by atoms with Gasteiger partial charge in [0.25, 0.3) is 0 Å². The van der Waals surface area contributed by atoms with Crippen LogP contribution in [0.3, 0.4) is 0 Å². The van der Waals surface area contributed by atoms with E-state index >= 15 is 0 Å². The summed E-state index contributed by atoms with van der Waals surface area (Å²) in [5, 5.41) is 0. The fraction of sp³-hybridized carbons (Fsp3) is 0.538. The van der Waals surface area contributed by atoms with E-state index in [9.17, 15) is 8.78 Å². The number of nitrogens with one attached hydrogen (secondary N) is 1. The highest BCUT2D eigenvalue weighted by Crippen LogP contribution is 2.36. The van der Waals surface area contributed by atoms with Gasteiger partial charge in [-0.1, -0.05) is 25.0 Å². The van der Waals surface area contributed by atoms with E-state index in [4.69, 9.17) is 5.84 Å². The zero-order valence-electron chi connectivity index (χ0n) is 10.1. The Labute approximate surface area is 105 Å². The molecule has 1 aromatic rings. The highest BCUT2D eigenvalue weighted by molar-refractivity contribution is 5.31. The number of hydrogen-bond acceptors (Lipinski definition) is 3. The molecule has 1 saturated carbocycles. The molecule has 0 radical (unpaired) electrons. The number of alkyl halides is 2. The third-order valence-corrected chi connectivity index (χ3v) is 3.49. The van der Waals surface area contributed by atoms with Crippen molar-refractivity contribution in [3.8, 4) is 5.75 Å². The molecule has 3 nitrogen and oxygen atoms in total. The molecule has 1 fully saturated rings. The molecule has 0 aliphatic heterocycles. The maximum atomic E-state index is 12.2. The molecule has 5 heteroatoms. The maximum Gasteiger partial charge on any atom is 0.387 e. The standard InChI is InChI=1S/C13H18F2N2O/c14-13(15)18-11-7-3-6-10(8-11)12(17-16)9-4-1-2-5-9/h3,6-9,12-13,17H,1-2,4-5,16H2. The highest BCUT2D eigenvalue weighted by Gasteiger charge is 2.25. The van der Waals surface area contributed by atoms with Crippen molar-refractivity contribution in [1.82, 2.24) is 5.43 Å². The second kappa shape index (κ2) is 6.11. The quantitative estimate of drug-likeness (QED) is 0.629. The Kier molecular flexibility index (Phi) is 4.49. The van der Waals surface area contributed by atoms with Gasteiger partial charge in [-0.05, 0) is 36.5 Å². The third kappa shape index (κ3) is 3.17. The van der Waals surface area contributed by atoms with Gasteiger partial charge in [0.2, 0.25) is 0 Å². The average Bonchev–Trinajstić information content (AvgIpc) is 2.83. The molecule has 1 unspecified atom stereocenters. The van der Waals surface area contributed by atoms with Crippen LogP contribution in [0.25, 0.3) is 0 Å². The van der Waals surface area contributed by atoms with Crippen LogP contribution in [0.4, 0.5) is 8.78 Å². The molecule has 1 aliphatic carbocycles. The zero-order valence-corrected chi connectivity index (χ0v) is 10.1. The molecule has 0 saturated heterocycles. The lowest BCUT2D eigenvalue weighted by Crippen LogP contribution is -2.32. The number of nitrogens with two attached hydrogens (primary N) is 1. The van der Waals surface area contributed by atoms with Gasteiger partial charge in [-0.2, -0.15) is 8.78 Å². The molecule has 0 aromatic heterocycles. The highest BCUT2D eigenvalue weighted by atomic mass is 19.3. The van der Waals surface area contributed by atoms with E-state index < -0.39 is 6.61 Å². The van der Waals surface area contributed by atoms with E-state index in [-0.39, 0.29) is 11.8 Å². The molecule has 1 atom stereocenters. The monoisotopic (exact) mass is 256 g/mol. The molecular weight excluding hydrogens is 238 g/mol. The van der Waals surface area contributed by atoms with E-state index in [0.717, 1.165) is 18.4 Å². The predicted octanol–water partition coefficient (Wildman–Crippen LogP) is 2.98. The van der Waals surface area contributed by atoms with E-state index in [1.54, 1.807) is 12.1 Å². The Morgan fingerprint density at radius 2 is 2.00 bits per heavy atom. The van der Waals surface area contributed by atoms with Gasteiger partial charge in [0.1, 0.15) is 5.75 Å². The fourth-order valence-electron chi connectivity index (χ4n) is 2.68. The second-order valence-electron chi connectivity index (χ2n) is 4.64. The first-order valence-electron chi connectivity index (χ1n) is 6.21. The first kappa shape index (κ1) is 13.2. The average molecular weight is 256 g/mol. The molecule has 0 amide bonds. The molecule has 0 spiro atoms. The number of ether oxygens (including phenoxy) is 1. The molecule has 3 N–H and O–H groups in total. The van der Waals surface area contributed by atoms with E-state index in [1.165, 1.54) is 18.9 Å². The second-order valence-corrected chi connectivity index (χ2v) is 4.64. The fourth-order valence-corrected chi connectivity index (χ4v) is 2.68. The lowest BCUT2D eigenvalue weighted by molar-refractivity contribution is -0.0499. The number of rotatable bonds is 5. The minimum absolute atomic E-state index is 0.00808. The van der Waals surface area contributed by atoms with Gasteiger partial charge >= 0.3 is 6.61 Å². The normalized spacial score (nSPS) is 18.2. The predicted molar refractivity (Wildman–Crippen MR) is 65.1 cm³/mol. The van der Waals surface area contributed by atoms with Gasteiger partial charge in [-0.3, -0.25) is 11.3 Å². The molecule has 0 bridgehead atoms. The smallest absolute Gasteiger partial charge is 0.387 e. The maximum absolute atomic E-state index is 12.2. The summed E-state index contributed by atoms with van der Waals surface area (Å²) in [4.78, 5) is 0. The Morgan fingerprint density at radius 3 is 2.61 bits per heavy atom. The molecular formula is C13H18F2N2O. The summed E-state index contributed by atoms with van der Waals surface area (Å²) in [5.74, 6) is 6.25. The van der Waals surface area contributed by atoms with Gasteiger partial charge < -0.3 is 4.74 Å². The van der Waals surface area contributed by atoms with Crippen LogP contribution in [0, 0.1) is 5.92 Å². The van der Waals surface area contributed by atoms with Gasteiger partial charge in [-0.25, -0.2) is 0 Å². The molecule has 0 heterocycles. The van der Waals surface area contributed by atoms with Crippen LogP contribution in [-0.2, 0) is 0 Å². The Balaban J connectivity index is 2.14. The van der Waals surface area contributed by atoms with Crippen molar-refractivity contribution in [2.75, 3.05) is 0 Å². The summed E-state index contributed by atoms with van der Waals surface area (Å²) in [6.07, 6.45) is 4.65. The Morgan fingerprint density at radius 1 is 1.28 bits per heavy atom. The van der Waals surface area contributed by atoms with Crippen molar-refractivity contribution < 1.29 is 13.5 Å². The van der Waals surface area contributed by atoms with Crippen LogP contribution >= 0.6 is 0 Å². The molecule has 100 valence electrons. The van der Waals surface area contributed by atoms with Gasteiger partial charge in [0.15, 0.2) is 0 Å². The van der Waals surface area contributed by atoms with E-state index in [2.05, 4.69) is 10.2 Å². The summed E-state index contributed by atoms with van der Waals surface area (Å²) in [6.45, 7) is -2.80. The number of hydrazine groups is 1. The van der Waals surface area contributed by atoms with Crippen molar-refractivity contribution in [3.05, 3.63) is 29.8 Å². The third-order valence-electron chi connectivity index (χ3n) is 3.49. The van der Waals surface area contributed by atoms with Gasteiger partial charge in [-0.15, -0.1) is 0 Å². The molecule has 2 rings (SSSR count). The SMILES string of the molecule is NNC(c1cccc(OC(F)F)c1)C1CCCC1. The Bertz CT molecular complexity index is 381. The number of benzene rings is 1. The van der Waals surface area contributed by atoms with Crippen LogP contribution in [0.1, 0.15) is 37.3 Å². The van der Waals surface area contributed by atoms with Crippen molar-refractivity contribution in [1.29, 1.82) is 0 Å². The first-order valence-corrected chi connectivity index (χ1v) is 6.21. The van der Waals surface area contributed by atoms with Crippen LogP contribution in [0.15, 0.2) is 24.3 Å². The molecule has 1 aromatic carbocycles. The minimum Gasteiger partial charge on any atom is -0.435 e. The van der Waals surface area contributed by atoms with Crippen molar-refractivity contribution in [3.63, 3.8) is 0 Å². The van der Waals surface area contributed by atoms with Crippen LogP contribution < -0.4 is 16.0 Å². The topological polar surface area (TPSA) is 47.3 Å². The Hall–Kier alpha value is -1.20. The molecule has 18 heavy (non-hydrogen) atoms. The lowest BCUT2D eigenvalue weighted by Gasteiger charge is -2.23.